The summed E-state index contributed by atoms with van der Waals surface area (Å²) >= 11 is 0. The lowest BCUT2D eigenvalue weighted by Crippen LogP contribution is -2.41. The van der Waals surface area contributed by atoms with E-state index >= 15 is 0 Å². The molecule has 1 N–H and O–H groups in total. The van der Waals surface area contributed by atoms with Crippen LogP contribution in [0.25, 0.3) is 0 Å². The highest BCUT2D eigenvalue weighted by Gasteiger charge is 2.48. The molecule has 0 radical (unpaired) electrons. The van der Waals surface area contributed by atoms with Crippen molar-refractivity contribution in [3.8, 4) is 0 Å². The van der Waals surface area contributed by atoms with Gasteiger partial charge in [0.1, 0.15) is 5.82 Å². The molecule has 2 heterocycles. The molecule has 4 rings (SSSR count). The number of nitrogens with zero attached hydrogens (tertiary/aromatic N) is 2. The van der Waals surface area contributed by atoms with Crippen molar-refractivity contribution in [2.75, 3.05) is 19.7 Å². The molecular weight excluding hydrogens is 355 g/mol. The quantitative estimate of drug-likeness (QED) is 0.833. The molecule has 3 atom stereocenters. The maximum absolute atomic E-state index is 14.1. The fourth-order valence-corrected chi connectivity index (χ4v) is 4.89. The van der Waals surface area contributed by atoms with Crippen molar-refractivity contribution in [3.63, 3.8) is 0 Å². The minimum absolute atomic E-state index is 0.0348. The second-order valence-electron chi connectivity index (χ2n) is 7.79. The molecule has 4 nitrogen and oxygen atoms in total. The SMILES string of the molecule is O=C([C@H]1C[C@@H](c2ccccc2)N2CCC[C@H]12)N(CCO)Cc1ccccc1F. The number of halogens is 1. The van der Waals surface area contributed by atoms with E-state index in [-0.39, 0.29) is 49.4 Å². The van der Waals surface area contributed by atoms with Crippen molar-refractivity contribution in [1.29, 1.82) is 0 Å². The van der Waals surface area contributed by atoms with E-state index in [2.05, 4.69) is 17.0 Å². The van der Waals surface area contributed by atoms with Crippen LogP contribution in [-0.2, 0) is 11.3 Å². The Kier molecular flexibility index (Phi) is 5.74. The molecule has 2 aliphatic rings. The maximum atomic E-state index is 14.1. The third kappa shape index (κ3) is 3.69. The number of hydrogen-bond donors (Lipinski definition) is 1. The molecular formula is C23H27FN2O2. The zero-order valence-electron chi connectivity index (χ0n) is 16.0. The van der Waals surface area contributed by atoms with Gasteiger partial charge in [0.05, 0.1) is 12.5 Å². The van der Waals surface area contributed by atoms with Crippen LogP contribution in [0.15, 0.2) is 54.6 Å². The smallest absolute Gasteiger partial charge is 0.227 e. The minimum atomic E-state index is -0.311. The average molecular weight is 382 g/mol. The molecule has 0 unspecified atom stereocenters. The summed E-state index contributed by atoms with van der Waals surface area (Å²) in [6, 6.07) is 17.4. The average Bonchev–Trinajstić information content (AvgIpc) is 3.32. The number of amides is 1. The van der Waals surface area contributed by atoms with Crippen molar-refractivity contribution in [3.05, 3.63) is 71.5 Å². The van der Waals surface area contributed by atoms with Gasteiger partial charge in [-0.1, -0.05) is 48.5 Å². The minimum Gasteiger partial charge on any atom is -0.395 e. The Balaban J connectivity index is 1.55. The Morgan fingerprint density at radius 2 is 1.89 bits per heavy atom. The van der Waals surface area contributed by atoms with Crippen molar-refractivity contribution in [2.45, 2.75) is 37.9 Å². The molecule has 2 saturated heterocycles. The summed E-state index contributed by atoms with van der Waals surface area (Å²) < 4.78 is 14.1. The largest absolute Gasteiger partial charge is 0.395 e. The first-order chi connectivity index (χ1) is 13.7. The van der Waals surface area contributed by atoms with Crippen molar-refractivity contribution in [2.24, 2.45) is 5.92 Å². The van der Waals surface area contributed by atoms with Crippen molar-refractivity contribution < 1.29 is 14.3 Å². The Morgan fingerprint density at radius 3 is 2.64 bits per heavy atom. The summed E-state index contributed by atoms with van der Waals surface area (Å²) in [5, 5.41) is 9.50. The zero-order chi connectivity index (χ0) is 19.5. The summed E-state index contributed by atoms with van der Waals surface area (Å²) in [5.74, 6) is -0.381. The highest BCUT2D eigenvalue weighted by Crippen LogP contribution is 2.45. The number of aliphatic hydroxyl groups is 1. The Bertz CT molecular complexity index is 813. The van der Waals surface area contributed by atoms with Gasteiger partial charge in [0.25, 0.3) is 0 Å². The number of hydrogen-bond acceptors (Lipinski definition) is 3. The zero-order valence-corrected chi connectivity index (χ0v) is 16.0. The van der Waals surface area contributed by atoms with E-state index in [1.54, 1.807) is 23.1 Å². The first kappa shape index (κ1) is 19.1. The van der Waals surface area contributed by atoms with Crippen LogP contribution in [0.2, 0.25) is 0 Å². The number of benzene rings is 2. The molecule has 1 amide bonds. The molecule has 0 aliphatic carbocycles. The monoisotopic (exact) mass is 382 g/mol. The molecule has 2 aliphatic heterocycles. The standard InChI is InChI=1S/C23H27FN2O2/c24-20-10-5-4-9-18(20)16-25(13-14-27)23(28)19-15-22(17-7-2-1-3-8-17)26-12-6-11-21(19)26/h1-5,7-10,19,21-22,27H,6,11-16H2/t19-,21+,22-/m0/s1. The van der Waals surface area contributed by atoms with E-state index in [4.69, 9.17) is 0 Å². The van der Waals surface area contributed by atoms with Crippen LogP contribution in [0.4, 0.5) is 4.39 Å². The Labute approximate surface area is 165 Å². The lowest BCUT2D eigenvalue weighted by molar-refractivity contribution is -0.137. The highest BCUT2D eigenvalue weighted by molar-refractivity contribution is 5.80. The first-order valence-electron chi connectivity index (χ1n) is 10.1. The summed E-state index contributed by atoms with van der Waals surface area (Å²) in [4.78, 5) is 17.5. The highest BCUT2D eigenvalue weighted by atomic mass is 19.1. The topological polar surface area (TPSA) is 43.8 Å². The van der Waals surface area contributed by atoms with Gasteiger partial charge in [-0.25, -0.2) is 4.39 Å². The molecule has 2 aromatic carbocycles. The summed E-state index contributed by atoms with van der Waals surface area (Å²) in [5.41, 5.74) is 1.75. The van der Waals surface area contributed by atoms with Gasteiger partial charge < -0.3 is 10.0 Å². The molecule has 2 fully saturated rings. The Morgan fingerprint density at radius 1 is 1.14 bits per heavy atom. The van der Waals surface area contributed by atoms with Gasteiger partial charge in [0, 0.05) is 30.7 Å². The maximum Gasteiger partial charge on any atom is 0.227 e. The fraction of sp³-hybridized carbons (Fsp3) is 0.435. The van der Waals surface area contributed by atoms with E-state index in [0.717, 1.165) is 25.8 Å². The van der Waals surface area contributed by atoms with Gasteiger partial charge in [-0.3, -0.25) is 9.69 Å². The van der Waals surface area contributed by atoms with Crippen LogP contribution in [0.5, 0.6) is 0 Å². The van der Waals surface area contributed by atoms with Gasteiger partial charge in [-0.15, -0.1) is 0 Å². The molecule has 0 aromatic heterocycles. The van der Waals surface area contributed by atoms with Crippen LogP contribution in [-0.4, -0.2) is 46.6 Å². The number of rotatable bonds is 6. The summed E-state index contributed by atoms with van der Waals surface area (Å²) in [6.07, 6.45) is 2.91. The molecule has 148 valence electrons. The van der Waals surface area contributed by atoms with Crippen LogP contribution in [0.1, 0.15) is 36.4 Å². The lowest BCUT2D eigenvalue weighted by atomic mass is 9.93. The van der Waals surface area contributed by atoms with Crippen LogP contribution < -0.4 is 0 Å². The molecule has 0 saturated carbocycles. The van der Waals surface area contributed by atoms with E-state index in [0.29, 0.717) is 5.56 Å². The third-order valence-corrected chi connectivity index (χ3v) is 6.19. The van der Waals surface area contributed by atoms with Gasteiger partial charge in [-0.2, -0.15) is 0 Å². The first-order valence-corrected chi connectivity index (χ1v) is 10.1. The molecule has 0 bridgehead atoms. The van der Waals surface area contributed by atoms with Crippen LogP contribution in [0.3, 0.4) is 0 Å². The number of aliphatic hydroxyl groups excluding tert-OH is 1. The van der Waals surface area contributed by atoms with E-state index in [9.17, 15) is 14.3 Å². The predicted octanol–water partition coefficient (Wildman–Crippen LogP) is 3.37. The fourth-order valence-electron chi connectivity index (χ4n) is 4.89. The van der Waals surface area contributed by atoms with Crippen molar-refractivity contribution in [1.82, 2.24) is 9.80 Å². The molecule has 28 heavy (non-hydrogen) atoms. The lowest BCUT2D eigenvalue weighted by Gasteiger charge is -2.28. The van der Waals surface area contributed by atoms with E-state index in [1.165, 1.54) is 11.6 Å². The van der Waals surface area contributed by atoms with Crippen molar-refractivity contribution >= 4 is 5.91 Å². The van der Waals surface area contributed by atoms with Gasteiger partial charge >= 0.3 is 0 Å². The number of fused-ring (bicyclic) bond motifs is 1. The third-order valence-electron chi connectivity index (χ3n) is 6.19. The Hall–Kier alpha value is -2.24. The van der Waals surface area contributed by atoms with E-state index in [1.807, 2.05) is 18.2 Å². The molecule has 2 aromatic rings. The predicted molar refractivity (Wildman–Crippen MR) is 106 cm³/mol. The number of carbonyl (C=O) groups excluding carboxylic acids is 1. The number of carbonyl (C=O) groups is 1. The molecule has 5 heteroatoms. The van der Waals surface area contributed by atoms with Crippen LogP contribution >= 0.6 is 0 Å². The second kappa shape index (κ2) is 8.41. The van der Waals surface area contributed by atoms with Gasteiger partial charge in [0.2, 0.25) is 5.91 Å². The summed E-state index contributed by atoms with van der Waals surface area (Å²) in [7, 11) is 0. The summed E-state index contributed by atoms with van der Waals surface area (Å²) in [6.45, 7) is 1.32. The van der Waals surface area contributed by atoms with Gasteiger partial charge in [-0.05, 0) is 37.4 Å². The normalized spacial score (nSPS) is 24.3. The van der Waals surface area contributed by atoms with E-state index < -0.39 is 0 Å². The second-order valence-corrected chi connectivity index (χ2v) is 7.79. The van der Waals surface area contributed by atoms with Gasteiger partial charge in [0.15, 0.2) is 0 Å². The van der Waals surface area contributed by atoms with Crippen LogP contribution in [0, 0.1) is 11.7 Å². The molecule has 0 spiro atoms.